The lowest BCUT2D eigenvalue weighted by Gasteiger charge is -2.13. The molecule has 0 fully saturated rings. The zero-order chi connectivity index (χ0) is 17.9. The lowest BCUT2D eigenvalue weighted by Crippen LogP contribution is -2.27. The number of nitrogens with zero attached hydrogens (tertiary/aromatic N) is 1. The van der Waals surface area contributed by atoms with Crippen molar-refractivity contribution in [1.82, 2.24) is 10.3 Å². The smallest absolute Gasteiger partial charge is 0.301 e. The molecule has 1 aromatic heterocycles. The summed E-state index contributed by atoms with van der Waals surface area (Å²) in [4.78, 5) is 28.5. The van der Waals surface area contributed by atoms with Crippen molar-refractivity contribution in [3.63, 3.8) is 0 Å². The van der Waals surface area contributed by atoms with Gasteiger partial charge in [0, 0.05) is 17.8 Å². The van der Waals surface area contributed by atoms with Gasteiger partial charge in [0.15, 0.2) is 0 Å². The molecule has 0 radical (unpaired) electrons. The van der Waals surface area contributed by atoms with Crippen molar-refractivity contribution in [2.75, 3.05) is 10.6 Å². The number of anilines is 2. The number of oxazole rings is 1. The third kappa shape index (κ3) is 3.20. The van der Waals surface area contributed by atoms with E-state index < -0.39 is 0 Å². The van der Waals surface area contributed by atoms with Crippen LogP contribution in [0.5, 0.6) is 0 Å². The standard InChI is InChI=1S/C19H16N4O3/c24-17(23-19-20-9-10-26-19)12-5-7-14(8-6-12)22-18(25)16-15-4-2-1-3-13(15)11-21-16/h1-10,16,21H,11H2,(H,22,25)(H,20,23,24). The van der Waals surface area contributed by atoms with E-state index in [2.05, 4.69) is 20.9 Å². The summed E-state index contributed by atoms with van der Waals surface area (Å²) >= 11 is 0. The maximum atomic E-state index is 12.5. The zero-order valence-corrected chi connectivity index (χ0v) is 13.7. The number of aromatic nitrogens is 1. The molecule has 3 N–H and O–H groups in total. The summed E-state index contributed by atoms with van der Waals surface area (Å²) in [5.41, 5.74) is 3.18. The number of carbonyl (C=O) groups is 2. The Kier molecular flexibility index (Phi) is 4.20. The molecule has 2 aromatic carbocycles. The highest BCUT2D eigenvalue weighted by Gasteiger charge is 2.27. The van der Waals surface area contributed by atoms with Crippen LogP contribution >= 0.6 is 0 Å². The Balaban J connectivity index is 1.41. The normalized spacial score (nSPS) is 15.3. The Bertz CT molecular complexity index is 936. The average Bonchev–Trinajstić information content (AvgIpc) is 3.31. The molecule has 7 nitrogen and oxygen atoms in total. The molecule has 26 heavy (non-hydrogen) atoms. The maximum absolute atomic E-state index is 12.5. The van der Waals surface area contributed by atoms with E-state index in [0.29, 0.717) is 17.8 Å². The third-order valence-corrected chi connectivity index (χ3v) is 4.19. The Labute approximate surface area is 149 Å². The molecule has 1 atom stereocenters. The number of fused-ring (bicyclic) bond motifs is 1. The molecule has 1 unspecified atom stereocenters. The minimum Gasteiger partial charge on any atom is -0.432 e. The summed E-state index contributed by atoms with van der Waals surface area (Å²) < 4.78 is 4.98. The fourth-order valence-electron chi connectivity index (χ4n) is 2.91. The Hall–Kier alpha value is -3.45. The molecule has 3 aromatic rings. The van der Waals surface area contributed by atoms with E-state index in [0.717, 1.165) is 11.1 Å². The second-order valence-electron chi connectivity index (χ2n) is 5.87. The van der Waals surface area contributed by atoms with Crippen molar-refractivity contribution in [2.24, 2.45) is 0 Å². The molecule has 1 aliphatic rings. The van der Waals surface area contributed by atoms with Crippen molar-refractivity contribution < 1.29 is 14.0 Å². The predicted octanol–water partition coefficient (Wildman–Crippen LogP) is 2.71. The highest BCUT2D eigenvalue weighted by molar-refractivity contribution is 6.03. The fourth-order valence-corrected chi connectivity index (χ4v) is 2.91. The molecule has 0 saturated heterocycles. The molecule has 1 aliphatic heterocycles. The van der Waals surface area contributed by atoms with Crippen LogP contribution in [0.25, 0.3) is 0 Å². The van der Waals surface area contributed by atoms with Gasteiger partial charge < -0.3 is 9.73 Å². The van der Waals surface area contributed by atoms with Gasteiger partial charge in [0.1, 0.15) is 12.3 Å². The first kappa shape index (κ1) is 16.0. The second-order valence-corrected chi connectivity index (χ2v) is 5.87. The minimum atomic E-state index is -0.376. The summed E-state index contributed by atoms with van der Waals surface area (Å²) in [6.07, 6.45) is 2.83. The van der Waals surface area contributed by atoms with Crippen LogP contribution in [0.4, 0.5) is 11.7 Å². The first-order valence-electron chi connectivity index (χ1n) is 8.14. The molecule has 0 spiro atoms. The van der Waals surface area contributed by atoms with Gasteiger partial charge in [-0.2, -0.15) is 0 Å². The number of benzene rings is 2. The quantitative estimate of drug-likeness (QED) is 0.674. The van der Waals surface area contributed by atoms with Gasteiger partial charge >= 0.3 is 6.01 Å². The van der Waals surface area contributed by atoms with Crippen LogP contribution in [-0.4, -0.2) is 16.8 Å². The Morgan fingerprint density at radius 3 is 2.65 bits per heavy atom. The molecule has 2 heterocycles. The molecule has 0 saturated carbocycles. The molecular formula is C19H16N4O3. The topological polar surface area (TPSA) is 96.3 Å². The van der Waals surface area contributed by atoms with E-state index in [9.17, 15) is 9.59 Å². The molecule has 0 aliphatic carbocycles. The number of amides is 2. The summed E-state index contributed by atoms with van der Waals surface area (Å²) in [5, 5.41) is 8.62. The van der Waals surface area contributed by atoms with E-state index in [1.807, 2.05) is 24.3 Å². The SMILES string of the molecule is O=C(Nc1ncco1)c1ccc(NC(=O)C2NCc3ccccc32)cc1. The van der Waals surface area contributed by atoms with E-state index in [4.69, 9.17) is 4.42 Å². The molecule has 130 valence electrons. The van der Waals surface area contributed by atoms with Gasteiger partial charge in [0.25, 0.3) is 5.91 Å². The van der Waals surface area contributed by atoms with Crippen LogP contribution in [0.2, 0.25) is 0 Å². The monoisotopic (exact) mass is 348 g/mol. The van der Waals surface area contributed by atoms with Gasteiger partial charge in [-0.1, -0.05) is 24.3 Å². The minimum absolute atomic E-state index is 0.132. The highest BCUT2D eigenvalue weighted by atomic mass is 16.4. The van der Waals surface area contributed by atoms with E-state index in [-0.39, 0.29) is 23.9 Å². The van der Waals surface area contributed by atoms with E-state index in [1.54, 1.807) is 24.3 Å². The van der Waals surface area contributed by atoms with Gasteiger partial charge in [0.2, 0.25) is 5.91 Å². The highest BCUT2D eigenvalue weighted by Crippen LogP contribution is 2.26. The van der Waals surface area contributed by atoms with E-state index >= 15 is 0 Å². The van der Waals surface area contributed by atoms with Crippen LogP contribution in [0.1, 0.15) is 27.5 Å². The van der Waals surface area contributed by atoms with Crippen molar-refractivity contribution >= 4 is 23.5 Å². The van der Waals surface area contributed by atoms with Gasteiger partial charge in [-0.15, -0.1) is 0 Å². The van der Waals surface area contributed by atoms with Crippen LogP contribution < -0.4 is 16.0 Å². The second kappa shape index (κ2) is 6.81. The molecule has 7 heteroatoms. The molecular weight excluding hydrogens is 332 g/mol. The first-order chi connectivity index (χ1) is 12.7. The summed E-state index contributed by atoms with van der Waals surface area (Å²) in [6, 6.07) is 14.2. The van der Waals surface area contributed by atoms with E-state index in [1.165, 1.54) is 12.5 Å². The molecule has 4 rings (SSSR count). The predicted molar refractivity (Wildman–Crippen MR) is 95.6 cm³/mol. The van der Waals surface area contributed by atoms with Crippen molar-refractivity contribution in [3.8, 4) is 0 Å². The number of nitrogens with one attached hydrogen (secondary N) is 3. The Morgan fingerprint density at radius 1 is 1.08 bits per heavy atom. The van der Waals surface area contributed by atoms with Crippen LogP contribution in [0, 0.1) is 0 Å². The first-order valence-corrected chi connectivity index (χ1v) is 8.14. The summed E-state index contributed by atoms with van der Waals surface area (Å²) in [7, 11) is 0. The Morgan fingerprint density at radius 2 is 1.88 bits per heavy atom. The fraction of sp³-hybridized carbons (Fsp3) is 0.105. The maximum Gasteiger partial charge on any atom is 0.301 e. The molecule has 2 amide bonds. The van der Waals surface area contributed by atoms with Gasteiger partial charge in [-0.05, 0) is 35.4 Å². The lowest BCUT2D eigenvalue weighted by atomic mass is 10.0. The number of rotatable bonds is 4. The average molecular weight is 348 g/mol. The summed E-state index contributed by atoms with van der Waals surface area (Å²) in [6.45, 7) is 0.675. The van der Waals surface area contributed by atoms with Crippen LogP contribution in [0.3, 0.4) is 0 Å². The lowest BCUT2D eigenvalue weighted by molar-refractivity contribution is -0.118. The van der Waals surface area contributed by atoms with Crippen LogP contribution in [0.15, 0.2) is 65.4 Å². The van der Waals surface area contributed by atoms with Gasteiger partial charge in [-0.25, -0.2) is 4.98 Å². The number of hydrogen-bond donors (Lipinski definition) is 3. The zero-order valence-electron chi connectivity index (χ0n) is 13.7. The number of hydrogen-bond acceptors (Lipinski definition) is 5. The molecule has 0 bridgehead atoms. The largest absolute Gasteiger partial charge is 0.432 e. The van der Waals surface area contributed by atoms with Crippen LogP contribution in [-0.2, 0) is 11.3 Å². The van der Waals surface area contributed by atoms with Gasteiger partial charge in [0.05, 0.1) is 6.20 Å². The summed E-state index contributed by atoms with van der Waals surface area (Å²) in [5.74, 6) is -0.469. The van der Waals surface area contributed by atoms with Crippen molar-refractivity contribution in [1.29, 1.82) is 0 Å². The van der Waals surface area contributed by atoms with Crippen molar-refractivity contribution in [3.05, 3.63) is 77.7 Å². The number of carbonyl (C=O) groups excluding carboxylic acids is 2. The third-order valence-electron chi connectivity index (χ3n) is 4.19. The van der Waals surface area contributed by atoms with Crippen molar-refractivity contribution in [2.45, 2.75) is 12.6 Å². The van der Waals surface area contributed by atoms with Gasteiger partial charge in [-0.3, -0.25) is 20.2 Å².